The minimum Gasteiger partial charge on any atom is -0.469 e. The first-order chi connectivity index (χ1) is 6.86. The normalized spacial score (nSPS) is 11.5. The Kier molecular flexibility index (Phi) is 3.02. The molecule has 0 spiro atoms. The van der Waals surface area contributed by atoms with Gasteiger partial charge in [0, 0.05) is 11.8 Å². The summed E-state index contributed by atoms with van der Waals surface area (Å²) in [4.78, 5) is 11.4. The first-order valence-corrected chi connectivity index (χ1v) is 4.75. The maximum absolute atomic E-state index is 11.4. The number of aryl methyl sites for hydroxylation is 1. The van der Waals surface area contributed by atoms with Crippen molar-refractivity contribution in [2.75, 3.05) is 12.8 Å². The molecule has 0 aliphatic rings. The average molecular weight is 211 g/mol. The summed E-state index contributed by atoms with van der Waals surface area (Å²) < 4.78 is 6.38. The van der Waals surface area contributed by atoms with Gasteiger partial charge in [0.2, 0.25) is 0 Å². The number of carbonyl (C=O) groups excluding carboxylic acids is 1. The van der Waals surface area contributed by atoms with Crippen molar-refractivity contribution >= 4 is 11.8 Å². The maximum Gasteiger partial charge on any atom is 0.313 e. The van der Waals surface area contributed by atoms with E-state index in [0.717, 1.165) is 5.56 Å². The quantitative estimate of drug-likeness (QED) is 0.756. The van der Waals surface area contributed by atoms with Gasteiger partial charge in [0.15, 0.2) is 0 Å². The van der Waals surface area contributed by atoms with Crippen LogP contribution >= 0.6 is 0 Å². The zero-order chi connectivity index (χ0) is 11.6. The van der Waals surface area contributed by atoms with Crippen molar-refractivity contribution in [1.29, 1.82) is 0 Å². The maximum atomic E-state index is 11.4. The molecule has 1 aromatic heterocycles. The number of carbonyl (C=O) groups is 1. The van der Waals surface area contributed by atoms with Gasteiger partial charge in [-0.25, -0.2) is 0 Å². The van der Waals surface area contributed by atoms with Gasteiger partial charge in [-0.2, -0.15) is 5.10 Å². The largest absolute Gasteiger partial charge is 0.469 e. The van der Waals surface area contributed by atoms with Crippen molar-refractivity contribution < 1.29 is 9.53 Å². The molecule has 0 amide bonds. The molecule has 0 atom stereocenters. The van der Waals surface area contributed by atoms with Gasteiger partial charge in [0.05, 0.1) is 19.1 Å². The molecule has 0 saturated heterocycles. The van der Waals surface area contributed by atoms with Gasteiger partial charge in [0.1, 0.15) is 5.82 Å². The number of nitrogens with zero attached hydrogens (tertiary/aromatic N) is 2. The second kappa shape index (κ2) is 3.92. The molecule has 0 saturated carbocycles. The summed E-state index contributed by atoms with van der Waals surface area (Å²) >= 11 is 0. The molecule has 1 heterocycles. The summed E-state index contributed by atoms with van der Waals surface area (Å²) in [5.74, 6) is 0.241. The van der Waals surface area contributed by atoms with Crippen LogP contribution in [0, 0.1) is 12.3 Å². The van der Waals surface area contributed by atoms with E-state index in [9.17, 15) is 4.79 Å². The number of rotatable bonds is 3. The molecule has 5 heteroatoms. The summed E-state index contributed by atoms with van der Waals surface area (Å²) in [6.45, 7) is 5.96. The van der Waals surface area contributed by atoms with E-state index in [1.807, 2.05) is 27.0 Å². The third-order valence-electron chi connectivity index (χ3n) is 2.28. The number of nitrogen functional groups attached to an aromatic ring is 1. The van der Waals surface area contributed by atoms with Gasteiger partial charge in [-0.3, -0.25) is 9.48 Å². The zero-order valence-corrected chi connectivity index (χ0v) is 9.57. The highest BCUT2D eigenvalue weighted by Gasteiger charge is 2.29. The van der Waals surface area contributed by atoms with Crippen LogP contribution in [-0.2, 0) is 16.1 Å². The van der Waals surface area contributed by atoms with E-state index < -0.39 is 5.41 Å². The van der Waals surface area contributed by atoms with Gasteiger partial charge in [-0.15, -0.1) is 0 Å². The molecular weight excluding hydrogens is 194 g/mol. The van der Waals surface area contributed by atoms with E-state index in [2.05, 4.69) is 5.10 Å². The number of ether oxygens (including phenoxy) is 1. The predicted molar refractivity (Wildman–Crippen MR) is 57.2 cm³/mol. The molecular formula is C10H17N3O2. The number of nitrogens with two attached hydrogens (primary N) is 1. The third kappa shape index (κ3) is 2.49. The Morgan fingerprint density at radius 2 is 2.27 bits per heavy atom. The molecule has 84 valence electrons. The SMILES string of the molecule is COC(=O)C(C)(C)Cn1cc(C)c(N)n1. The molecule has 15 heavy (non-hydrogen) atoms. The number of aromatic nitrogens is 2. The van der Waals surface area contributed by atoms with Crippen LogP contribution in [0.15, 0.2) is 6.20 Å². The van der Waals surface area contributed by atoms with E-state index in [1.165, 1.54) is 7.11 Å². The summed E-state index contributed by atoms with van der Waals surface area (Å²) in [5.41, 5.74) is 5.94. The smallest absolute Gasteiger partial charge is 0.313 e. The Balaban J connectivity index is 2.81. The van der Waals surface area contributed by atoms with Crippen LogP contribution in [0.1, 0.15) is 19.4 Å². The van der Waals surface area contributed by atoms with Crippen molar-refractivity contribution in [2.45, 2.75) is 27.3 Å². The molecule has 0 bridgehead atoms. The van der Waals surface area contributed by atoms with Crippen molar-refractivity contribution in [3.63, 3.8) is 0 Å². The van der Waals surface area contributed by atoms with Gasteiger partial charge in [0.25, 0.3) is 0 Å². The fraction of sp³-hybridized carbons (Fsp3) is 0.600. The van der Waals surface area contributed by atoms with Gasteiger partial charge < -0.3 is 10.5 Å². The van der Waals surface area contributed by atoms with Crippen molar-refractivity contribution in [2.24, 2.45) is 5.41 Å². The van der Waals surface area contributed by atoms with E-state index >= 15 is 0 Å². The van der Waals surface area contributed by atoms with Crippen LogP contribution in [0.2, 0.25) is 0 Å². The summed E-state index contributed by atoms with van der Waals surface area (Å²) in [6.07, 6.45) is 1.82. The standard InChI is InChI=1S/C10H17N3O2/c1-7-5-13(12-8(7)11)6-10(2,3)9(14)15-4/h5H,6H2,1-4H3,(H2,11,12). The average Bonchev–Trinajstić information content (AvgIpc) is 2.43. The fourth-order valence-electron chi connectivity index (χ4n) is 1.36. The lowest BCUT2D eigenvalue weighted by atomic mass is 9.94. The molecule has 5 nitrogen and oxygen atoms in total. The van der Waals surface area contributed by atoms with Gasteiger partial charge in [-0.05, 0) is 20.8 Å². The molecule has 1 rings (SSSR count). The molecule has 0 aliphatic carbocycles. The lowest BCUT2D eigenvalue weighted by Gasteiger charge is -2.20. The predicted octanol–water partition coefficient (Wildman–Crippen LogP) is 0.973. The molecule has 2 N–H and O–H groups in total. The van der Waals surface area contributed by atoms with Crippen molar-refractivity contribution in [1.82, 2.24) is 9.78 Å². The summed E-state index contributed by atoms with van der Waals surface area (Å²) in [5, 5.41) is 4.10. The van der Waals surface area contributed by atoms with Crippen molar-refractivity contribution in [3.05, 3.63) is 11.8 Å². The van der Waals surface area contributed by atoms with Crippen LogP contribution in [0.3, 0.4) is 0 Å². The highest BCUT2D eigenvalue weighted by atomic mass is 16.5. The Bertz CT molecular complexity index is 349. The van der Waals surface area contributed by atoms with E-state index in [4.69, 9.17) is 10.5 Å². The molecule has 0 fully saturated rings. The minimum absolute atomic E-state index is 0.255. The van der Waals surface area contributed by atoms with Crippen LogP contribution in [0.5, 0.6) is 0 Å². The van der Waals surface area contributed by atoms with Crippen LogP contribution in [0.25, 0.3) is 0 Å². The number of methoxy groups -OCH3 is 1. The first-order valence-electron chi connectivity index (χ1n) is 4.75. The Morgan fingerprint density at radius 1 is 1.67 bits per heavy atom. The van der Waals surface area contributed by atoms with E-state index in [1.54, 1.807) is 4.68 Å². The van der Waals surface area contributed by atoms with E-state index in [0.29, 0.717) is 12.4 Å². The zero-order valence-electron chi connectivity index (χ0n) is 9.57. The number of hydrogen-bond acceptors (Lipinski definition) is 4. The second-order valence-corrected chi connectivity index (χ2v) is 4.27. The van der Waals surface area contributed by atoms with Gasteiger partial charge in [-0.1, -0.05) is 0 Å². The summed E-state index contributed by atoms with van der Waals surface area (Å²) in [7, 11) is 1.38. The third-order valence-corrected chi connectivity index (χ3v) is 2.28. The summed E-state index contributed by atoms with van der Waals surface area (Å²) in [6, 6.07) is 0. The molecule has 0 aromatic carbocycles. The molecule has 0 aliphatic heterocycles. The Hall–Kier alpha value is -1.52. The van der Waals surface area contributed by atoms with Crippen molar-refractivity contribution in [3.8, 4) is 0 Å². The molecule has 1 aromatic rings. The number of anilines is 1. The number of hydrogen-bond donors (Lipinski definition) is 1. The molecule has 0 radical (unpaired) electrons. The monoisotopic (exact) mass is 211 g/mol. The number of esters is 1. The van der Waals surface area contributed by atoms with Crippen LogP contribution < -0.4 is 5.73 Å². The molecule has 0 unspecified atom stereocenters. The Labute approximate surface area is 89.2 Å². The lowest BCUT2D eigenvalue weighted by Crippen LogP contribution is -2.30. The topological polar surface area (TPSA) is 70.1 Å². The van der Waals surface area contributed by atoms with E-state index in [-0.39, 0.29) is 5.97 Å². The lowest BCUT2D eigenvalue weighted by molar-refractivity contribution is -0.151. The minimum atomic E-state index is -0.598. The first kappa shape index (κ1) is 11.6. The highest BCUT2D eigenvalue weighted by Crippen LogP contribution is 2.20. The fourth-order valence-corrected chi connectivity index (χ4v) is 1.36. The van der Waals surface area contributed by atoms with Crippen LogP contribution in [-0.4, -0.2) is 22.9 Å². The Morgan fingerprint density at radius 3 is 2.67 bits per heavy atom. The van der Waals surface area contributed by atoms with Gasteiger partial charge >= 0.3 is 5.97 Å². The van der Waals surface area contributed by atoms with Crippen LogP contribution in [0.4, 0.5) is 5.82 Å². The highest BCUT2D eigenvalue weighted by molar-refractivity contribution is 5.75. The second-order valence-electron chi connectivity index (χ2n) is 4.27.